The lowest BCUT2D eigenvalue weighted by Crippen LogP contribution is -2.24. The molecule has 0 radical (unpaired) electrons. The standard InChI is InChI=1S/C18H21N3O/c22-18(12-15-4-1-2-5-15)19-13-16-6-8-17(9-7-16)14-21-11-3-10-20-21/h1,3-4,6-11,15H,2,5,12-14H2,(H,19,22)/t15-/m0/s1. The molecule has 0 fully saturated rings. The number of benzene rings is 1. The molecular formula is C18H21N3O. The second-order valence-corrected chi connectivity index (χ2v) is 5.77. The number of nitrogens with one attached hydrogen (secondary N) is 1. The number of hydrogen-bond acceptors (Lipinski definition) is 2. The molecule has 2 aromatic rings. The first-order valence-corrected chi connectivity index (χ1v) is 7.78. The second kappa shape index (κ2) is 7.07. The Hall–Kier alpha value is -2.36. The monoisotopic (exact) mass is 295 g/mol. The highest BCUT2D eigenvalue weighted by Gasteiger charge is 2.13. The van der Waals surface area contributed by atoms with Gasteiger partial charge in [0.15, 0.2) is 0 Å². The molecule has 114 valence electrons. The van der Waals surface area contributed by atoms with Crippen LogP contribution in [0.2, 0.25) is 0 Å². The largest absolute Gasteiger partial charge is 0.352 e. The number of aromatic nitrogens is 2. The molecule has 1 aromatic carbocycles. The lowest BCUT2D eigenvalue weighted by Gasteiger charge is -2.09. The third-order valence-corrected chi connectivity index (χ3v) is 3.98. The molecule has 1 N–H and O–H groups in total. The Morgan fingerprint density at radius 3 is 2.77 bits per heavy atom. The van der Waals surface area contributed by atoms with Crippen LogP contribution >= 0.6 is 0 Å². The summed E-state index contributed by atoms with van der Waals surface area (Å²) in [4.78, 5) is 11.9. The third kappa shape index (κ3) is 4.07. The van der Waals surface area contributed by atoms with Gasteiger partial charge < -0.3 is 5.32 Å². The number of rotatable bonds is 6. The van der Waals surface area contributed by atoms with Crippen molar-refractivity contribution in [3.8, 4) is 0 Å². The SMILES string of the molecule is O=C(C[C@H]1C=CCC1)NCc1ccc(Cn2cccn2)cc1. The molecular weight excluding hydrogens is 274 g/mol. The van der Waals surface area contributed by atoms with Gasteiger partial charge in [-0.05, 0) is 36.0 Å². The van der Waals surface area contributed by atoms with E-state index in [0.717, 1.165) is 24.9 Å². The van der Waals surface area contributed by atoms with Gasteiger partial charge in [0.25, 0.3) is 0 Å². The average Bonchev–Trinajstić information content (AvgIpc) is 3.20. The van der Waals surface area contributed by atoms with Gasteiger partial charge in [0, 0.05) is 25.4 Å². The quantitative estimate of drug-likeness (QED) is 0.833. The van der Waals surface area contributed by atoms with E-state index in [2.05, 4.69) is 46.8 Å². The first-order valence-electron chi connectivity index (χ1n) is 7.78. The zero-order valence-electron chi connectivity index (χ0n) is 12.6. The molecule has 1 amide bonds. The molecule has 0 bridgehead atoms. The topological polar surface area (TPSA) is 46.9 Å². The summed E-state index contributed by atoms with van der Waals surface area (Å²) in [5, 5.41) is 7.20. The van der Waals surface area contributed by atoms with Gasteiger partial charge in [-0.1, -0.05) is 36.4 Å². The molecule has 3 rings (SSSR count). The Balaban J connectivity index is 1.46. The van der Waals surface area contributed by atoms with Crippen molar-refractivity contribution < 1.29 is 4.79 Å². The van der Waals surface area contributed by atoms with Crippen LogP contribution in [0.1, 0.15) is 30.4 Å². The van der Waals surface area contributed by atoms with Crippen LogP contribution in [0.25, 0.3) is 0 Å². The maximum atomic E-state index is 11.9. The van der Waals surface area contributed by atoms with Gasteiger partial charge >= 0.3 is 0 Å². The molecule has 0 unspecified atom stereocenters. The van der Waals surface area contributed by atoms with E-state index in [9.17, 15) is 4.79 Å². The molecule has 0 spiro atoms. The predicted octanol–water partition coefficient (Wildman–Crippen LogP) is 2.90. The number of nitrogens with zero attached hydrogens (tertiary/aromatic N) is 2. The lowest BCUT2D eigenvalue weighted by atomic mass is 10.0. The van der Waals surface area contributed by atoms with E-state index < -0.39 is 0 Å². The van der Waals surface area contributed by atoms with E-state index in [0.29, 0.717) is 18.9 Å². The molecule has 4 nitrogen and oxygen atoms in total. The second-order valence-electron chi connectivity index (χ2n) is 5.77. The molecule has 0 saturated heterocycles. The van der Waals surface area contributed by atoms with Crippen LogP contribution in [-0.2, 0) is 17.9 Å². The van der Waals surface area contributed by atoms with Gasteiger partial charge in [-0.3, -0.25) is 9.48 Å². The van der Waals surface area contributed by atoms with Crippen molar-refractivity contribution in [3.63, 3.8) is 0 Å². The predicted molar refractivity (Wildman–Crippen MR) is 86.1 cm³/mol. The van der Waals surface area contributed by atoms with Crippen LogP contribution in [-0.4, -0.2) is 15.7 Å². The molecule has 1 atom stereocenters. The summed E-state index contributed by atoms with van der Waals surface area (Å²) in [5.74, 6) is 0.564. The molecule has 1 aliphatic carbocycles. The van der Waals surface area contributed by atoms with E-state index in [1.807, 2.05) is 16.9 Å². The van der Waals surface area contributed by atoms with Crippen molar-refractivity contribution >= 4 is 5.91 Å². The van der Waals surface area contributed by atoms with Gasteiger partial charge in [-0.15, -0.1) is 0 Å². The molecule has 4 heteroatoms. The highest BCUT2D eigenvalue weighted by molar-refractivity contribution is 5.76. The average molecular weight is 295 g/mol. The van der Waals surface area contributed by atoms with Crippen LogP contribution in [0.4, 0.5) is 0 Å². The van der Waals surface area contributed by atoms with Gasteiger partial charge in [0.1, 0.15) is 0 Å². The minimum atomic E-state index is 0.136. The summed E-state index contributed by atoms with van der Waals surface area (Å²) in [6.45, 7) is 1.37. The van der Waals surface area contributed by atoms with Crippen molar-refractivity contribution in [2.45, 2.75) is 32.4 Å². The van der Waals surface area contributed by atoms with E-state index in [1.54, 1.807) is 6.20 Å². The van der Waals surface area contributed by atoms with Gasteiger partial charge in [0.2, 0.25) is 5.91 Å². The maximum Gasteiger partial charge on any atom is 0.220 e. The van der Waals surface area contributed by atoms with Crippen LogP contribution in [0.3, 0.4) is 0 Å². The van der Waals surface area contributed by atoms with Gasteiger partial charge in [0.05, 0.1) is 6.54 Å². The Morgan fingerprint density at radius 1 is 1.27 bits per heavy atom. The fraction of sp³-hybridized carbons (Fsp3) is 0.333. The zero-order valence-corrected chi connectivity index (χ0v) is 12.6. The Labute approximate surface area is 130 Å². The minimum absolute atomic E-state index is 0.136. The highest BCUT2D eigenvalue weighted by Crippen LogP contribution is 2.20. The number of carbonyl (C=O) groups excluding carboxylic acids is 1. The van der Waals surface area contributed by atoms with Crippen LogP contribution in [0.15, 0.2) is 54.9 Å². The fourth-order valence-corrected chi connectivity index (χ4v) is 2.72. The Bertz CT molecular complexity index is 629. The Morgan fingerprint density at radius 2 is 2.09 bits per heavy atom. The number of allylic oxidation sites excluding steroid dienone is 2. The normalized spacial score (nSPS) is 16.8. The first-order chi connectivity index (χ1) is 10.8. The van der Waals surface area contributed by atoms with Crippen molar-refractivity contribution in [1.29, 1.82) is 0 Å². The van der Waals surface area contributed by atoms with Gasteiger partial charge in [-0.2, -0.15) is 5.10 Å². The molecule has 0 aliphatic heterocycles. The lowest BCUT2D eigenvalue weighted by molar-refractivity contribution is -0.121. The van der Waals surface area contributed by atoms with E-state index in [1.165, 1.54) is 5.56 Å². The molecule has 1 aromatic heterocycles. The van der Waals surface area contributed by atoms with Crippen molar-refractivity contribution in [2.24, 2.45) is 5.92 Å². The zero-order chi connectivity index (χ0) is 15.2. The highest BCUT2D eigenvalue weighted by atomic mass is 16.1. The van der Waals surface area contributed by atoms with Gasteiger partial charge in [-0.25, -0.2) is 0 Å². The van der Waals surface area contributed by atoms with Crippen LogP contribution < -0.4 is 5.32 Å². The molecule has 22 heavy (non-hydrogen) atoms. The molecule has 1 heterocycles. The summed E-state index contributed by atoms with van der Waals surface area (Å²) < 4.78 is 1.89. The minimum Gasteiger partial charge on any atom is -0.352 e. The van der Waals surface area contributed by atoms with Crippen LogP contribution in [0.5, 0.6) is 0 Å². The first kappa shape index (κ1) is 14.6. The Kier molecular flexibility index (Phi) is 4.68. The van der Waals surface area contributed by atoms with Crippen molar-refractivity contribution in [1.82, 2.24) is 15.1 Å². The third-order valence-electron chi connectivity index (χ3n) is 3.98. The molecule has 0 saturated carbocycles. The van der Waals surface area contributed by atoms with Crippen molar-refractivity contribution in [3.05, 3.63) is 66.0 Å². The summed E-state index contributed by atoms with van der Waals surface area (Å²) >= 11 is 0. The summed E-state index contributed by atoms with van der Waals surface area (Å²) in [7, 11) is 0. The summed E-state index contributed by atoms with van der Waals surface area (Å²) in [6.07, 6.45) is 10.9. The summed E-state index contributed by atoms with van der Waals surface area (Å²) in [5.41, 5.74) is 2.33. The van der Waals surface area contributed by atoms with Crippen LogP contribution in [0, 0.1) is 5.92 Å². The maximum absolute atomic E-state index is 11.9. The van der Waals surface area contributed by atoms with Crippen molar-refractivity contribution in [2.75, 3.05) is 0 Å². The van der Waals surface area contributed by atoms with E-state index in [-0.39, 0.29) is 5.91 Å². The number of hydrogen-bond donors (Lipinski definition) is 1. The van der Waals surface area contributed by atoms with E-state index in [4.69, 9.17) is 0 Å². The number of amides is 1. The number of carbonyl (C=O) groups is 1. The fourth-order valence-electron chi connectivity index (χ4n) is 2.72. The smallest absolute Gasteiger partial charge is 0.220 e. The van der Waals surface area contributed by atoms with E-state index >= 15 is 0 Å². The summed E-state index contributed by atoms with van der Waals surface area (Å²) in [6, 6.07) is 10.2. The molecule has 1 aliphatic rings.